The van der Waals surface area contributed by atoms with Gasteiger partial charge in [0.15, 0.2) is 0 Å². The summed E-state index contributed by atoms with van der Waals surface area (Å²) >= 11 is 5.79. The van der Waals surface area contributed by atoms with Crippen LogP contribution < -0.4 is 4.72 Å². The van der Waals surface area contributed by atoms with Gasteiger partial charge < -0.3 is 4.52 Å². The highest BCUT2D eigenvalue weighted by molar-refractivity contribution is 7.88. The summed E-state index contributed by atoms with van der Waals surface area (Å²) < 4.78 is 31.9. The molecule has 0 bridgehead atoms. The summed E-state index contributed by atoms with van der Waals surface area (Å²) in [5.41, 5.74) is 1.52. The summed E-state index contributed by atoms with van der Waals surface area (Å²) in [4.78, 5) is 4.27. The Morgan fingerprint density at radius 3 is 2.48 bits per heavy atom. The second-order valence-corrected chi connectivity index (χ2v) is 7.65. The van der Waals surface area contributed by atoms with E-state index in [2.05, 4.69) is 14.9 Å². The Bertz CT molecular complexity index is 925. The Hall–Kier alpha value is -2.22. The van der Waals surface area contributed by atoms with Crippen molar-refractivity contribution in [3.05, 3.63) is 71.1 Å². The largest absolute Gasteiger partial charge is 0.339 e. The first kappa shape index (κ1) is 17.6. The molecule has 0 aliphatic rings. The van der Waals surface area contributed by atoms with E-state index in [1.165, 1.54) is 0 Å². The van der Waals surface area contributed by atoms with Crippen molar-refractivity contribution in [2.45, 2.75) is 12.2 Å². The number of benzene rings is 2. The lowest BCUT2D eigenvalue weighted by molar-refractivity contribution is 0.379. The van der Waals surface area contributed by atoms with Crippen molar-refractivity contribution in [3.63, 3.8) is 0 Å². The van der Waals surface area contributed by atoms with Crippen molar-refractivity contribution in [2.24, 2.45) is 0 Å². The first-order chi connectivity index (χ1) is 12.0. The van der Waals surface area contributed by atoms with Crippen LogP contribution in [0.2, 0.25) is 5.02 Å². The van der Waals surface area contributed by atoms with Gasteiger partial charge in [0.05, 0.1) is 5.75 Å². The van der Waals surface area contributed by atoms with Crippen LogP contribution in [0.4, 0.5) is 0 Å². The van der Waals surface area contributed by atoms with Gasteiger partial charge in [-0.2, -0.15) is 4.98 Å². The average molecular weight is 378 g/mol. The highest BCUT2D eigenvalue weighted by Gasteiger charge is 2.13. The fourth-order valence-electron chi connectivity index (χ4n) is 2.23. The van der Waals surface area contributed by atoms with Crippen molar-refractivity contribution in [3.8, 4) is 11.4 Å². The van der Waals surface area contributed by atoms with Crippen LogP contribution in [0.15, 0.2) is 59.1 Å². The van der Waals surface area contributed by atoms with E-state index in [0.717, 1.165) is 5.56 Å². The molecule has 0 spiro atoms. The number of aromatic nitrogens is 2. The molecular formula is C17H16ClN3O3S. The van der Waals surface area contributed by atoms with E-state index in [0.29, 0.717) is 28.7 Å². The summed E-state index contributed by atoms with van der Waals surface area (Å²) in [6.45, 7) is 0.187. The van der Waals surface area contributed by atoms with Gasteiger partial charge in [-0.1, -0.05) is 59.2 Å². The maximum absolute atomic E-state index is 12.1. The molecule has 3 aromatic rings. The molecule has 3 rings (SSSR count). The quantitative estimate of drug-likeness (QED) is 0.684. The van der Waals surface area contributed by atoms with Gasteiger partial charge in [0.2, 0.25) is 21.7 Å². The summed E-state index contributed by atoms with van der Waals surface area (Å²) in [6, 6.07) is 16.1. The van der Waals surface area contributed by atoms with Crippen LogP contribution in [0.5, 0.6) is 0 Å². The van der Waals surface area contributed by atoms with Crippen LogP contribution in [0.1, 0.15) is 11.5 Å². The average Bonchev–Trinajstić information content (AvgIpc) is 3.06. The first-order valence-corrected chi connectivity index (χ1v) is 9.65. The van der Waals surface area contributed by atoms with Crippen LogP contribution in [-0.4, -0.2) is 25.1 Å². The Kier molecular flexibility index (Phi) is 5.47. The minimum absolute atomic E-state index is 0.108. The van der Waals surface area contributed by atoms with Gasteiger partial charge in [0.25, 0.3) is 0 Å². The molecule has 0 radical (unpaired) electrons. The van der Waals surface area contributed by atoms with Gasteiger partial charge in [-0.25, -0.2) is 13.1 Å². The summed E-state index contributed by atoms with van der Waals surface area (Å²) in [5, 5.41) is 4.47. The molecule has 0 saturated heterocycles. The topological polar surface area (TPSA) is 85.1 Å². The molecule has 0 saturated carbocycles. The molecule has 1 heterocycles. The number of nitrogens with zero attached hydrogens (tertiary/aromatic N) is 2. The number of sulfonamides is 1. The summed E-state index contributed by atoms with van der Waals surface area (Å²) in [7, 11) is -3.45. The maximum atomic E-state index is 12.1. The molecule has 6 nitrogen and oxygen atoms in total. The number of rotatable bonds is 7. The van der Waals surface area contributed by atoms with Crippen LogP contribution >= 0.6 is 11.6 Å². The van der Waals surface area contributed by atoms with Gasteiger partial charge in [-0.3, -0.25) is 0 Å². The monoisotopic (exact) mass is 377 g/mol. The zero-order chi connectivity index (χ0) is 17.7. The van der Waals surface area contributed by atoms with Crippen molar-refractivity contribution < 1.29 is 12.9 Å². The van der Waals surface area contributed by atoms with Crippen molar-refractivity contribution in [2.75, 3.05) is 6.54 Å². The third-order valence-electron chi connectivity index (χ3n) is 3.43. The molecule has 130 valence electrons. The lowest BCUT2D eigenvalue weighted by Gasteiger charge is -2.05. The lowest BCUT2D eigenvalue weighted by Crippen LogP contribution is -2.27. The highest BCUT2D eigenvalue weighted by atomic mass is 35.5. The zero-order valence-corrected chi connectivity index (χ0v) is 14.8. The Morgan fingerprint density at radius 1 is 1.04 bits per heavy atom. The number of hydrogen-bond acceptors (Lipinski definition) is 5. The molecule has 0 amide bonds. The number of hydrogen-bond donors (Lipinski definition) is 1. The highest BCUT2D eigenvalue weighted by Crippen LogP contribution is 2.15. The normalized spacial score (nSPS) is 11.6. The van der Waals surface area contributed by atoms with Crippen LogP contribution in [0, 0.1) is 0 Å². The minimum atomic E-state index is -3.45. The zero-order valence-electron chi connectivity index (χ0n) is 13.2. The van der Waals surface area contributed by atoms with Crippen LogP contribution in [0.25, 0.3) is 11.4 Å². The molecular weight excluding hydrogens is 362 g/mol. The second kappa shape index (κ2) is 7.77. The molecule has 1 aromatic heterocycles. The van der Waals surface area contributed by atoms with Gasteiger partial charge >= 0.3 is 0 Å². The number of halogens is 1. The predicted molar refractivity (Wildman–Crippen MR) is 95.5 cm³/mol. The Balaban J connectivity index is 1.54. The van der Waals surface area contributed by atoms with E-state index < -0.39 is 10.0 Å². The molecule has 0 aliphatic carbocycles. The fourth-order valence-corrected chi connectivity index (χ4v) is 3.50. The minimum Gasteiger partial charge on any atom is -0.339 e. The molecule has 25 heavy (non-hydrogen) atoms. The molecule has 1 N–H and O–H groups in total. The van der Waals surface area contributed by atoms with E-state index in [-0.39, 0.29) is 12.3 Å². The molecule has 0 aliphatic heterocycles. The van der Waals surface area contributed by atoms with E-state index >= 15 is 0 Å². The van der Waals surface area contributed by atoms with E-state index in [1.807, 2.05) is 30.3 Å². The van der Waals surface area contributed by atoms with E-state index in [1.54, 1.807) is 24.3 Å². The summed E-state index contributed by atoms with van der Waals surface area (Å²) in [5.74, 6) is 0.760. The fraction of sp³-hybridized carbons (Fsp3) is 0.176. The van der Waals surface area contributed by atoms with E-state index in [9.17, 15) is 8.42 Å². The van der Waals surface area contributed by atoms with Crippen LogP contribution in [-0.2, 0) is 22.2 Å². The lowest BCUT2D eigenvalue weighted by atomic mass is 10.2. The van der Waals surface area contributed by atoms with Crippen LogP contribution in [0.3, 0.4) is 0 Å². The van der Waals surface area contributed by atoms with Gasteiger partial charge in [-0.15, -0.1) is 0 Å². The van der Waals surface area contributed by atoms with Crippen molar-refractivity contribution in [1.82, 2.24) is 14.9 Å². The number of nitrogens with one attached hydrogen (secondary N) is 1. The first-order valence-electron chi connectivity index (χ1n) is 7.62. The standard InChI is InChI=1S/C17H16ClN3O3S/c18-15-8-6-13(7-9-15)12-25(22,23)19-11-10-16-20-17(21-24-16)14-4-2-1-3-5-14/h1-9,19H,10-12H2. The van der Waals surface area contributed by atoms with E-state index in [4.69, 9.17) is 16.1 Å². The molecule has 0 unspecified atom stereocenters. The smallest absolute Gasteiger partial charge is 0.228 e. The Labute approximate surface area is 150 Å². The molecule has 0 fully saturated rings. The maximum Gasteiger partial charge on any atom is 0.228 e. The molecule has 2 aromatic carbocycles. The SMILES string of the molecule is O=S(=O)(Cc1ccc(Cl)cc1)NCCc1nc(-c2ccccc2)no1. The predicted octanol–water partition coefficient (Wildman–Crippen LogP) is 3.05. The third kappa shape index (κ3) is 5.12. The second-order valence-electron chi connectivity index (χ2n) is 5.41. The summed E-state index contributed by atoms with van der Waals surface area (Å²) in [6.07, 6.45) is 0.319. The van der Waals surface area contributed by atoms with Crippen molar-refractivity contribution in [1.29, 1.82) is 0 Å². The molecule has 0 atom stereocenters. The van der Waals surface area contributed by atoms with Gasteiger partial charge in [0.1, 0.15) is 0 Å². The van der Waals surface area contributed by atoms with Crippen molar-refractivity contribution >= 4 is 21.6 Å². The Morgan fingerprint density at radius 2 is 1.76 bits per heavy atom. The third-order valence-corrected chi connectivity index (χ3v) is 5.04. The van der Waals surface area contributed by atoms with Gasteiger partial charge in [0, 0.05) is 23.6 Å². The molecule has 8 heteroatoms. The van der Waals surface area contributed by atoms with Gasteiger partial charge in [-0.05, 0) is 17.7 Å².